The number of hydrogen-bond acceptors (Lipinski definition) is 6. The van der Waals surface area contributed by atoms with Gasteiger partial charge in [-0.2, -0.15) is 0 Å². The molecule has 124 valence electrons. The van der Waals surface area contributed by atoms with E-state index in [1.807, 2.05) is 0 Å². The molecule has 12 nitrogen and oxygen atoms in total. The monoisotopic (exact) mass is 436 g/mol. The maximum Gasteiger partial charge on any atom is 2.00 e. The summed E-state index contributed by atoms with van der Waals surface area (Å²) in [6, 6.07) is 0. The van der Waals surface area contributed by atoms with Crippen molar-refractivity contribution in [2.75, 3.05) is 0 Å². The second-order valence-corrected chi connectivity index (χ2v) is 4.51. The Balaban J connectivity index is -0.000000346. The Morgan fingerprint density at radius 3 is 0.913 bits per heavy atom. The fourth-order valence-electron chi connectivity index (χ4n) is 0.881. The first-order valence-corrected chi connectivity index (χ1v) is 6.04. The van der Waals surface area contributed by atoms with Crippen LogP contribution in [0, 0.1) is 0 Å². The number of aromatic amines is 2. The maximum absolute atomic E-state index is 10.7. The average molecular weight is 438 g/mol. The van der Waals surface area contributed by atoms with Gasteiger partial charge in [-0.05, 0) is 0 Å². The Bertz CT molecular complexity index is 908. The van der Waals surface area contributed by atoms with Crippen molar-refractivity contribution < 1.29 is 2.85 Å². The fraction of sp³-hybridized carbons (Fsp3) is 0. The van der Waals surface area contributed by atoms with Crippen LogP contribution in [-0.2, 0) is 0 Å². The number of nitrogens with one attached hydrogen (secondary N) is 2. The number of nitrogens with zero attached hydrogens (tertiary/aromatic N) is 4. The Kier molecular flexibility index (Phi) is 8.62. The maximum atomic E-state index is 10.7. The minimum Gasteiger partial charge on any atom is -1.00 e. The molecule has 0 saturated carbocycles. The number of rotatable bonds is 0. The molecule has 2 aromatic rings. The Morgan fingerprint density at radius 1 is 0.565 bits per heavy atom. The normalized spacial score (nSPS) is 9.57. The third-order valence-corrected chi connectivity index (χ3v) is 3.01. The third-order valence-electron chi connectivity index (χ3n) is 1.81. The summed E-state index contributed by atoms with van der Waals surface area (Å²) < 4.78 is 0.644. The molecule has 0 atom stereocenters. The molecular formula is C6H4CaCl4N6O6. The van der Waals surface area contributed by atoms with E-state index in [2.05, 4.69) is 0 Å². The third kappa shape index (κ3) is 5.11. The molecule has 0 radical (unpaired) electrons. The van der Waals surface area contributed by atoms with Crippen molar-refractivity contribution in [3.63, 3.8) is 0 Å². The topological polar surface area (TPSA) is 154 Å². The van der Waals surface area contributed by atoms with Crippen LogP contribution in [0.15, 0.2) is 28.8 Å². The van der Waals surface area contributed by atoms with E-state index in [9.17, 15) is 28.8 Å². The van der Waals surface area contributed by atoms with Gasteiger partial charge in [0.25, 0.3) is 0 Å². The van der Waals surface area contributed by atoms with Crippen molar-refractivity contribution in [2.24, 2.45) is 0 Å². The summed E-state index contributed by atoms with van der Waals surface area (Å²) in [5.41, 5.74) is -6.25. The Labute approximate surface area is 175 Å². The molecule has 0 bridgehead atoms. The van der Waals surface area contributed by atoms with Gasteiger partial charge in [-0.25, -0.2) is 28.8 Å². The summed E-state index contributed by atoms with van der Waals surface area (Å²) in [4.78, 5) is 66.8. The number of H-pyrrole nitrogens is 2. The standard InChI is InChI=1S/2C3HCl2N3O3.Ca.2H/c2*4-7-1(9)6-2(10)8(5)3(7)11;;;/h2*(H,6,9,10);;;/q;;+2;2*-1. The van der Waals surface area contributed by atoms with Gasteiger partial charge in [-0.3, -0.25) is 9.97 Å². The molecule has 2 heterocycles. The van der Waals surface area contributed by atoms with Gasteiger partial charge in [-0.1, -0.05) is 0 Å². The number of aromatic nitrogens is 6. The minimum atomic E-state index is -1.10. The van der Waals surface area contributed by atoms with Crippen molar-refractivity contribution in [3.8, 4) is 0 Å². The molecule has 0 aliphatic carbocycles. The van der Waals surface area contributed by atoms with Gasteiger partial charge in [0.2, 0.25) is 0 Å². The molecular weight excluding hydrogens is 434 g/mol. The van der Waals surface area contributed by atoms with Crippen molar-refractivity contribution in [3.05, 3.63) is 62.9 Å². The molecule has 0 aliphatic rings. The summed E-state index contributed by atoms with van der Waals surface area (Å²) >= 11 is 20.3. The van der Waals surface area contributed by atoms with Crippen LogP contribution in [0.25, 0.3) is 0 Å². The van der Waals surface area contributed by atoms with E-state index in [4.69, 9.17) is 47.1 Å². The smallest absolute Gasteiger partial charge is 1.00 e. The van der Waals surface area contributed by atoms with Gasteiger partial charge >= 0.3 is 71.9 Å². The zero-order chi connectivity index (χ0) is 17.2. The second-order valence-electron chi connectivity index (χ2n) is 3.16. The Morgan fingerprint density at radius 2 is 0.739 bits per heavy atom. The molecule has 0 amide bonds. The average Bonchev–Trinajstić information content (AvgIpc) is 2.47. The SMILES string of the molecule is O=c1[nH]c(=O)n(Cl)c(=O)n1Cl.O=c1[nH]c(=O)n(Cl)c(=O)n1Cl.[Ca+2].[H-].[H-]. The summed E-state index contributed by atoms with van der Waals surface area (Å²) in [5.74, 6) is 0. The van der Waals surface area contributed by atoms with Gasteiger partial charge in [0, 0.05) is 47.1 Å². The van der Waals surface area contributed by atoms with E-state index in [0.29, 0.717) is 0 Å². The van der Waals surface area contributed by atoms with Crippen molar-refractivity contribution in [1.29, 1.82) is 0 Å². The first-order valence-electron chi connectivity index (χ1n) is 4.69. The van der Waals surface area contributed by atoms with Crippen LogP contribution >= 0.6 is 47.1 Å². The first-order chi connectivity index (χ1) is 10.1. The van der Waals surface area contributed by atoms with Gasteiger partial charge in [0.15, 0.2) is 0 Å². The van der Waals surface area contributed by atoms with Gasteiger partial charge in [0.1, 0.15) is 0 Å². The molecule has 0 fully saturated rings. The molecule has 17 heteroatoms. The molecule has 0 saturated heterocycles. The summed E-state index contributed by atoms with van der Waals surface area (Å²) in [7, 11) is 0. The van der Waals surface area contributed by atoms with Gasteiger partial charge < -0.3 is 2.85 Å². The quantitative estimate of drug-likeness (QED) is 0.426. The van der Waals surface area contributed by atoms with E-state index < -0.39 is 34.1 Å². The molecule has 2 N–H and O–H groups in total. The number of hydrogen-bond donors (Lipinski definition) is 2. The molecule has 0 aromatic carbocycles. The zero-order valence-electron chi connectivity index (χ0n) is 12.5. The van der Waals surface area contributed by atoms with Crippen molar-refractivity contribution in [1.82, 2.24) is 26.3 Å². The van der Waals surface area contributed by atoms with Crippen molar-refractivity contribution in [2.45, 2.75) is 0 Å². The summed E-state index contributed by atoms with van der Waals surface area (Å²) in [6.07, 6.45) is 0. The van der Waals surface area contributed by atoms with Crippen LogP contribution in [0.1, 0.15) is 2.85 Å². The second kappa shape index (κ2) is 8.92. The fourth-order valence-corrected chi connectivity index (χ4v) is 1.43. The molecule has 2 rings (SSSR count). The van der Waals surface area contributed by atoms with Gasteiger partial charge in [0.05, 0.1) is 0 Å². The van der Waals surface area contributed by atoms with Crippen LogP contribution in [0.3, 0.4) is 0 Å². The van der Waals surface area contributed by atoms with E-state index in [0.717, 1.165) is 0 Å². The van der Waals surface area contributed by atoms with E-state index in [1.165, 1.54) is 0 Å². The van der Waals surface area contributed by atoms with Crippen LogP contribution in [0.2, 0.25) is 0 Å². The van der Waals surface area contributed by atoms with E-state index in [-0.39, 0.29) is 56.9 Å². The van der Waals surface area contributed by atoms with Crippen LogP contribution in [0.4, 0.5) is 0 Å². The molecule has 2 aromatic heterocycles. The number of halogens is 4. The Hall–Kier alpha value is -0.760. The predicted octanol–water partition coefficient (Wildman–Crippen LogP) is -2.75. The van der Waals surface area contributed by atoms with Crippen LogP contribution in [-0.4, -0.2) is 64.1 Å². The van der Waals surface area contributed by atoms with Crippen molar-refractivity contribution >= 4 is 84.8 Å². The predicted molar refractivity (Wildman–Crippen MR) is 84.1 cm³/mol. The summed E-state index contributed by atoms with van der Waals surface area (Å²) in [5, 5.41) is 0. The van der Waals surface area contributed by atoms with Crippen LogP contribution in [0.5, 0.6) is 0 Å². The first kappa shape index (κ1) is 22.2. The molecule has 0 aliphatic heterocycles. The van der Waals surface area contributed by atoms with E-state index >= 15 is 0 Å². The molecule has 0 spiro atoms. The minimum absolute atomic E-state index is 0. The van der Waals surface area contributed by atoms with Gasteiger partial charge in [-0.15, -0.1) is 16.3 Å². The zero-order valence-corrected chi connectivity index (χ0v) is 15.7. The largest absolute Gasteiger partial charge is 2.00 e. The molecule has 0 unspecified atom stereocenters. The van der Waals surface area contributed by atoms with E-state index in [1.54, 1.807) is 9.97 Å². The summed E-state index contributed by atoms with van der Waals surface area (Å²) in [6.45, 7) is 0. The van der Waals surface area contributed by atoms with Crippen LogP contribution < -0.4 is 34.1 Å². The molecule has 23 heavy (non-hydrogen) atoms.